The Labute approximate surface area is 140 Å². The number of nitrogens with one attached hydrogen (secondary N) is 1. The maximum Gasteiger partial charge on any atom is 0.251 e. The minimum atomic E-state index is -0.575. The van der Waals surface area contributed by atoms with Crippen molar-refractivity contribution in [1.82, 2.24) is 20.4 Å². The Morgan fingerprint density at radius 3 is 2.83 bits per heavy atom. The molecule has 0 aromatic carbocycles. The van der Waals surface area contributed by atoms with Crippen LogP contribution in [0.15, 0.2) is 4.52 Å². The molecule has 3 rings (SSSR count). The first-order valence-electron chi connectivity index (χ1n) is 8.61. The van der Waals surface area contributed by atoms with E-state index in [1.165, 1.54) is 0 Å². The van der Waals surface area contributed by atoms with Crippen LogP contribution in [0.4, 0.5) is 0 Å². The maximum absolute atomic E-state index is 12.3. The van der Waals surface area contributed by atoms with Crippen molar-refractivity contribution in [2.75, 3.05) is 19.7 Å². The number of aromatic nitrogens is 2. The number of hydrogen-bond acceptors (Lipinski definition) is 6. The van der Waals surface area contributed by atoms with Crippen LogP contribution in [0, 0.1) is 6.92 Å². The van der Waals surface area contributed by atoms with Gasteiger partial charge in [-0.1, -0.05) is 18.0 Å². The van der Waals surface area contributed by atoms with Crippen LogP contribution in [-0.2, 0) is 20.7 Å². The van der Waals surface area contributed by atoms with E-state index < -0.39 is 6.10 Å². The van der Waals surface area contributed by atoms with Crippen molar-refractivity contribution in [3.05, 3.63) is 11.7 Å². The molecule has 24 heavy (non-hydrogen) atoms. The van der Waals surface area contributed by atoms with Crippen LogP contribution in [-0.4, -0.2) is 58.7 Å². The molecule has 0 radical (unpaired) electrons. The summed E-state index contributed by atoms with van der Waals surface area (Å²) in [6.07, 6.45) is 4.52. The zero-order valence-corrected chi connectivity index (χ0v) is 14.0. The lowest BCUT2D eigenvalue weighted by Gasteiger charge is -2.32. The van der Waals surface area contributed by atoms with Gasteiger partial charge in [-0.3, -0.25) is 9.59 Å². The third-order valence-corrected chi connectivity index (χ3v) is 4.54. The van der Waals surface area contributed by atoms with Gasteiger partial charge in [0.1, 0.15) is 0 Å². The summed E-state index contributed by atoms with van der Waals surface area (Å²) in [6.45, 7) is 2.94. The van der Waals surface area contributed by atoms with Crippen LogP contribution in [0.1, 0.15) is 43.8 Å². The Hall–Kier alpha value is -1.96. The highest BCUT2D eigenvalue weighted by Gasteiger charge is 2.30. The largest absolute Gasteiger partial charge is 0.365 e. The van der Waals surface area contributed by atoms with E-state index in [4.69, 9.17) is 9.26 Å². The first kappa shape index (κ1) is 16.9. The molecule has 1 N–H and O–H groups in total. The number of carbonyl (C=O) groups is 2. The molecule has 2 heterocycles. The topological polar surface area (TPSA) is 97.6 Å². The van der Waals surface area contributed by atoms with Gasteiger partial charge in [-0.25, -0.2) is 0 Å². The molecule has 1 saturated carbocycles. The normalized spacial score (nSPS) is 21.9. The quantitative estimate of drug-likeness (QED) is 0.845. The Kier molecular flexibility index (Phi) is 5.44. The van der Waals surface area contributed by atoms with Crippen LogP contribution < -0.4 is 5.32 Å². The molecule has 1 aromatic rings. The standard InChI is InChI=1S/C16H24N4O4/c1-11-17-14(24-19-11)6-7-15(21)20-8-9-23-13(10-20)16(22)18-12-4-2-3-5-12/h12-13H,2-10H2,1H3,(H,18,22). The number of hydrogen-bond donors (Lipinski definition) is 1. The fourth-order valence-corrected chi connectivity index (χ4v) is 3.21. The lowest BCUT2D eigenvalue weighted by molar-refractivity contribution is -0.147. The highest BCUT2D eigenvalue weighted by atomic mass is 16.5. The van der Waals surface area contributed by atoms with Gasteiger partial charge in [-0.05, 0) is 19.8 Å². The second kappa shape index (κ2) is 7.74. The van der Waals surface area contributed by atoms with Crippen molar-refractivity contribution in [3.63, 3.8) is 0 Å². The Morgan fingerprint density at radius 2 is 2.12 bits per heavy atom. The van der Waals surface area contributed by atoms with Gasteiger partial charge in [-0.2, -0.15) is 4.98 Å². The van der Waals surface area contributed by atoms with Crippen molar-refractivity contribution in [1.29, 1.82) is 0 Å². The third kappa shape index (κ3) is 4.31. The molecule has 1 aliphatic carbocycles. The number of aryl methyl sites for hydroxylation is 2. The third-order valence-electron chi connectivity index (χ3n) is 4.54. The summed E-state index contributed by atoms with van der Waals surface area (Å²) in [6, 6.07) is 0.257. The molecule has 0 bridgehead atoms. The number of nitrogens with zero attached hydrogens (tertiary/aromatic N) is 3. The summed E-state index contributed by atoms with van der Waals surface area (Å²) < 4.78 is 10.6. The molecular formula is C16H24N4O4. The van der Waals surface area contributed by atoms with Gasteiger partial charge in [0.25, 0.3) is 5.91 Å². The van der Waals surface area contributed by atoms with Crippen LogP contribution >= 0.6 is 0 Å². The summed E-state index contributed by atoms with van der Waals surface area (Å²) in [7, 11) is 0. The number of rotatable bonds is 5. The molecule has 1 saturated heterocycles. The van der Waals surface area contributed by atoms with Crippen molar-refractivity contribution in [2.45, 2.75) is 57.6 Å². The van der Waals surface area contributed by atoms with Crippen molar-refractivity contribution < 1.29 is 18.8 Å². The predicted molar refractivity (Wildman–Crippen MR) is 84.1 cm³/mol. The summed E-state index contributed by atoms with van der Waals surface area (Å²) in [5.74, 6) is 0.900. The Morgan fingerprint density at radius 1 is 1.33 bits per heavy atom. The highest BCUT2D eigenvalue weighted by Crippen LogP contribution is 2.18. The summed E-state index contributed by atoms with van der Waals surface area (Å²) >= 11 is 0. The molecule has 2 amide bonds. The molecule has 1 atom stereocenters. The molecule has 1 aliphatic heterocycles. The van der Waals surface area contributed by atoms with E-state index in [1.807, 2.05) is 0 Å². The second-order valence-corrected chi connectivity index (χ2v) is 6.42. The lowest BCUT2D eigenvalue weighted by atomic mass is 10.2. The van der Waals surface area contributed by atoms with Crippen LogP contribution in [0.5, 0.6) is 0 Å². The number of carbonyl (C=O) groups excluding carboxylic acids is 2. The molecule has 1 aromatic heterocycles. The predicted octanol–water partition coefficient (Wildman–Crippen LogP) is 0.597. The van der Waals surface area contributed by atoms with E-state index in [9.17, 15) is 9.59 Å². The van der Waals surface area contributed by atoms with Gasteiger partial charge in [0.05, 0.1) is 13.2 Å². The average Bonchev–Trinajstić information content (AvgIpc) is 3.24. The first-order chi connectivity index (χ1) is 11.6. The van der Waals surface area contributed by atoms with Crippen LogP contribution in [0.2, 0.25) is 0 Å². The number of morpholine rings is 1. The number of amides is 2. The van der Waals surface area contributed by atoms with Gasteiger partial charge in [-0.15, -0.1) is 0 Å². The van der Waals surface area contributed by atoms with Gasteiger partial charge in [0.2, 0.25) is 11.8 Å². The summed E-state index contributed by atoms with van der Waals surface area (Å²) in [5, 5.41) is 6.74. The SMILES string of the molecule is Cc1noc(CCC(=O)N2CCOC(C(=O)NC3CCCC3)C2)n1. The molecule has 132 valence electrons. The Bertz CT molecular complexity index is 582. The minimum absolute atomic E-state index is 0.0205. The fourth-order valence-electron chi connectivity index (χ4n) is 3.21. The summed E-state index contributed by atoms with van der Waals surface area (Å²) in [4.78, 5) is 30.4. The van der Waals surface area contributed by atoms with Gasteiger partial charge >= 0.3 is 0 Å². The zero-order chi connectivity index (χ0) is 16.9. The molecule has 2 fully saturated rings. The monoisotopic (exact) mass is 336 g/mol. The summed E-state index contributed by atoms with van der Waals surface area (Å²) in [5.41, 5.74) is 0. The van der Waals surface area contributed by atoms with Gasteiger partial charge in [0.15, 0.2) is 11.9 Å². The van der Waals surface area contributed by atoms with E-state index >= 15 is 0 Å². The van der Waals surface area contributed by atoms with Crippen LogP contribution in [0.3, 0.4) is 0 Å². The molecule has 8 nitrogen and oxygen atoms in total. The molecule has 2 aliphatic rings. The van der Waals surface area contributed by atoms with Gasteiger partial charge in [0, 0.05) is 25.4 Å². The van der Waals surface area contributed by atoms with E-state index in [0.29, 0.717) is 44.3 Å². The maximum atomic E-state index is 12.3. The van der Waals surface area contributed by atoms with Gasteiger partial charge < -0.3 is 19.5 Å². The Balaban J connectivity index is 1.46. The zero-order valence-electron chi connectivity index (χ0n) is 14.0. The second-order valence-electron chi connectivity index (χ2n) is 6.42. The first-order valence-corrected chi connectivity index (χ1v) is 8.61. The van der Waals surface area contributed by atoms with E-state index in [-0.39, 0.29) is 17.9 Å². The molecule has 1 unspecified atom stereocenters. The minimum Gasteiger partial charge on any atom is -0.365 e. The highest BCUT2D eigenvalue weighted by molar-refractivity contribution is 5.83. The van der Waals surface area contributed by atoms with Crippen molar-refractivity contribution >= 4 is 11.8 Å². The lowest BCUT2D eigenvalue weighted by Crippen LogP contribution is -2.52. The van der Waals surface area contributed by atoms with Crippen molar-refractivity contribution in [2.24, 2.45) is 0 Å². The van der Waals surface area contributed by atoms with Crippen LogP contribution in [0.25, 0.3) is 0 Å². The fraction of sp³-hybridized carbons (Fsp3) is 0.750. The molecule has 0 spiro atoms. The van der Waals surface area contributed by atoms with E-state index in [2.05, 4.69) is 15.5 Å². The molecular weight excluding hydrogens is 312 g/mol. The smallest absolute Gasteiger partial charge is 0.251 e. The van der Waals surface area contributed by atoms with Crippen molar-refractivity contribution in [3.8, 4) is 0 Å². The van der Waals surface area contributed by atoms with E-state index in [0.717, 1.165) is 25.7 Å². The average molecular weight is 336 g/mol. The molecule has 8 heteroatoms. The number of ether oxygens (including phenoxy) is 1. The van der Waals surface area contributed by atoms with E-state index in [1.54, 1.807) is 11.8 Å².